The molecule has 1 amide bonds. The summed E-state index contributed by atoms with van der Waals surface area (Å²) in [5, 5.41) is 0. The van der Waals surface area contributed by atoms with Crippen LogP contribution in [0.3, 0.4) is 0 Å². The van der Waals surface area contributed by atoms with Crippen LogP contribution in [0.2, 0.25) is 0 Å². The molecule has 0 atom stereocenters. The molecule has 0 spiro atoms. The Morgan fingerprint density at radius 3 is 2.36 bits per heavy atom. The van der Waals surface area contributed by atoms with E-state index in [1.54, 1.807) is 0 Å². The van der Waals surface area contributed by atoms with Gasteiger partial charge in [0, 0.05) is 6.42 Å². The Hall–Kier alpha value is -1.77. The molecule has 1 aromatic carbocycles. The van der Waals surface area contributed by atoms with E-state index in [0.717, 1.165) is 28.6 Å². The number of hydrogen-bond donors (Lipinski definition) is 0. The van der Waals surface area contributed by atoms with Crippen molar-refractivity contribution in [3.05, 3.63) is 29.8 Å². The lowest BCUT2D eigenvalue weighted by atomic mass is 10.2. The molecule has 0 saturated carbocycles. The van der Waals surface area contributed by atoms with E-state index in [9.17, 15) is 26.4 Å². The molecule has 0 bridgehead atoms. The van der Waals surface area contributed by atoms with Gasteiger partial charge in [-0.2, -0.15) is 13.2 Å². The van der Waals surface area contributed by atoms with Gasteiger partial charge in [-0.25, -0.2) is 12.7 Å². The monoisotopic (exact) mass is 337 g/mol. The van der Waals surface area contributed by atoms with Gasteiger partial charge in [0.15, 0.2) is 0 Å². The Morgan fingerprint density at radius 2 is 1.82 bits per heavy atom. The van der Waals surface area contributed by atoms with Crippen molar-refractivity contribution in [2.45, 2.75) is 19.0 Å². The average Bonchev–Trinajstić information content (AvgIpc) is 2.41. The first-order valence-corrected chi connectivity index (χ1v) is 8.14. The smallest absolute Gasteiger partial charge is 0.416 e. The molecule has 1 heterocycles. The Morgan fingerprint density at radius 1 is 1.18 bits per heavy atom. The minimum atomic E-state index is -4.42. The topological polar surface area (TPSA) is 63.7 Å². The molecule has 0 unspecified atom stereocenters. The van der Waals surface area contributed by atoms with Crippen molar-refractivity contribution in [2.24, 2.45) is 0 Å². The highest BCUT2D eigenvalue weighted by atomic mass is 32.2. The number of rotatable bonds is 4. The summed E-state index contributed by atoms with van der Waals surface area (Å²) in [6.45, 7) is -0.265. The summed E-state index contributed by atoms with van der Waals surface area (Å²) in [5.41, 5.74) is -0.798. The van der Waals surface area contributed by atoms with Gasteiger partial charge < -0.3 is 4.74 Å². The number of amides is 1. The van der Waals surface area contributed by atoms with Crippen LogP contribution >= 0.6 is 0 Å². The number of benzene rings is 1. The summed E-state index contributed by atoms with van der Waals surface area (Å²) >= 11 is 0. The van der Waals surface area contributed by atoms with E-state index in [0.29, 0.717) is 6.42 Å². The normalized spacial score (nSPS) is 18.3. The zero-order valence-corrected chi connectivity index (χ0v) is 12.3. The molecule has 122 valence electrons. The lowest BCUT2D eigenvalue weighted by Crippen LogP contribution is -2.44. The number of nitrogens with zero attached hydrogens (tertiary/aromatic N) is 1. The van der Waals surface area contributed by atoms with Crippen molar-refractivity contribution in [2.75, 3.05) is 18.9 Å². The first-order valence-electron chi connectivity index (χ1n) is 6.53. The van der Waals surface area contributed by atoms with Gasteiger partial charge in [-0.15, -0.1) is 0 Å². The lowest BCUT2D eigenvalue weighted by molar-refractivity contribution is -0.137. The van der Waals surface area contributed by atoms with Crippen LogP contribution in [0.25, 0.3) is 0 Å². The summed E-state index contributed by atoms with van der Waals surface area (Å²) in [6.07, 6.45) is -3.95. The molecule has 1 aromatic rings. The van der Waals surface area contributed by atoms with Gasteiger partial charge in [0.05, 0.1) is 17.9 Å². The largest absolute Gasteiger partial charge is 0.492 e. The maximum Gasteiger partial charge on any atom is 0.416 e. The van der Waals surface area contributed by atoms with Crippen LogP contribution in [0.15, 0.2) is 24.3 Å². The van der Waals surface area contributed by atoms with Gasteiger partial charge in [0.25, 0.3) is 0 Å². The highest BCUT2D eigenvalue weighted by molar-refractivity contribution is 7.89. The summed E-state index contributed by atoms with van der Waals surface area (Å²) in [4.78, 5) is 11.6. The SMILES string of the molecule is O=C1CCCS(=O)(=O)N1CCOc1ccc(C(F)(F)F)cc1. The highest BCUT2D eigenvalue weighted by Crippen LogP contribution is 2.30. The summed E-state index contributed by atoms with van der Waals surface area (Å²) < 4.78 is 66.6. The average molecular weight is 337 g/mol. The van der Waals surface area contributed by atoms with Gasteiger partial charge in [0.2, 0.25) is 15.9 Å². The van der Waals surface area contributed by atoms with E-state index in [-0.39, 0.29) is 31.1 Å². The van der Waals surface area contributed by atoms with Gasteiger partial charge in [-0.05, 0) is 30.7 Å². The summed E-state index contributed by atoms with van der Waals surface area (Å²) in [6, 6.07) is 4.04. The molecule has 0 aliphatic carbocycles. The number of carbonyl (C=O) groups excluding carboxylic acids is 1. The van der Waals surface area contributed by atoms with Crippen LogP contribution in [0, 0.1) is 0 Å². The third-order valence-electron chi connectivity index (χ3n) is 3.15. The summed E-state index contributed by atoms with van der Waals surface area (Å²) in [7, 11) is -3.60. The van der Waals surface area contributed by atoms with E-state index in [1.165, 1.54) is 0 Å². The number of carbonyl (C=O) groups is 1. The second kappa shape index (κ2) is 6.15. The molecule has 9 heteroatoms. The van der Waals surface area contributed by atoms with Crippen molar-refractivity contribution in [1.29, 1.82) is 0 Å². The van der Waals surface area contributed by atoms with Gasteiger partial charge in [-0.1, -0.05) is 0 Å². The van der Waals surface area contributed by atoms with E-state index in [2.05, 4.69) is 0 Å². The predicted molar refractivity (Wildman–Crippen MR) is 71.7 cm³/mol. The number of sulfonamides is 1. The fourth-order valence-electron chi connectivity index (χ4n) is 2.05. The Balaban J connectivity index is 1.92. The Labute approximate surface area is 125 Å². The third kappa shape index (κ3) is 3.90. The molecule has 22 heavy (non-hydrogen) atoms. The van der Waals surface area contributed by atoms with Gasteiger partial charge in [0.1, 0.15) is 12.4 Å². The highest BCUT2D eigenvalue weighted by Gasteiger charge is 2.31. The van der Waals surface area contributed by atoms with E-state index in [4.69, 9.17) is 4.74 Å². The quantitative estimate of drug-likeness (QED) is 0.843. The molecule has 0 N–H and O–H groups in total. The molecular weight excluding hydrogens is 323 g/mol. The van der Waals surface area contributed by atoms with Crippen LogP contribution in [-0.2, 0) is 21.0 Å². The first kappa shape index (κ1) is 16.6. The van der Waals surface area contributed by atoms with Crippen LogP contribution in [0.4, 0.5) is 13.2 Å². The zero-order chi connectivity index (χ0) is 16.4. The van der Waals surface area contributed by atoms with Crippen LogP contribution in [0.1, 0.15) is 18.4 Å². The van der Waals surface area contributed by atoms with E-state index >= 15 is 0 Å². The molecule has 1 saturated heterocycles. The Bertz CT molecular complexity index is 640. The van der Waals surface area contributed by atoms with Crippen molar-refractivity contribution >= 4 is 15.9 Å². The molecule has 1 aliphatic heterocycles. The third-order valence-corrected chi connectivity index (χ3v) is 5.01. The minimum Gasteiger partial charge on any atom is -0.492 e. The number of hydrogen-bond acceptors (Lipinski definition) is 4. The fraction of sp³-hybridized carbons (Fsp3) is 0.462. The second-order valence-corrected chi connectivity index (χ2v) is 6.77. The molecule has 1 fully saturated rings. The first-order chi connectivity index (χ1) is 10.2. The van der Waals surface area contributed by atoms with E-state index < -0.39 is 27.7 Å². The molecule has 0 aromatic heterocycles. The molecule has 0 radical (unpaired) electrons. The van der Waals surface area contributed by atoms with Crippen molar-refractivity contribution in [1.82, 2.24) is 4.31 Å². The lowest BCUT2D eigenvalue weighted by Gasteiger charge is -2.26. The summed E-state index contributed by atoms with van der Waals surface area (Å²) in [5.74, 6) is -0.393. The van der Waals surface area contributed by atoms with Crippen molar-refractivity contribution < 1.29 is 31.1 Å². The van der Waals surface area contributed by atoms with Gasteiger partial charge in [-0.3, -0.25) is 4.79 Å². The van der Waals surface area contributed by atoms with Crippen LogP contribution < -0.4 is 4.74 Å². The number of alkyl halides is 3. The predicted octanol–water partition coefficient (Wildman–Crippen LogP) is 2.04. The Kier molecular flexibility index (Phi) is 4.64. The molecule has 1 aliphatic rings. The van der Waals surface area contributed by atoms with Gasteiger partial charge >= 0.3 is 6.18 Å². The van der Waals surface area contributed by atoms with Crippen molar-refractivity contribution in [3.8, 4) is 5.75 Å². The second-order valence-electron chi connectivity index (χ2n) is 4.76. The standard InChI is InChI=1S/C13H14F3NO4S/c14-13(15,16)10-3-5-11(6-4-10)21-8-7-17-12(18)2-1-9-22(17,19)20/h3-6H,1-2,7-9H2. The number of halogens is 3. The minimum absolute atomic E-state index is 0.0843. The molecule has 5 nitrogen and oxygen atoms in total. The van der Waals surface area contributed by atoms with Crippen LogP contribution in [-0.4, -0.2) is 37.5 Å². The van der Waals surface area contributed by atoms with Crippen LogP contribution in [0.5, 0.6) is 5.75 Å². The van der Waals surface area contributed by atoms with Crippen molar-refractivity contribution in [3.63, 3.8) is 0 Å². The molecular formula is C13H14F3NO4S. The van der Waals surface area contributed by atoms with E-state index in [1.807, 2.05) is 0 Å². The molecule has 2 rings (SSSR count). The fourth-order valence-corrected chi connectivity index (χ4v) is 3.53. The number of ether oxygens (including phenoxy) is 1. The maximum absolute atomic E-state index is 12.4. The zero-order valence-electron chi connectivity index (χ0n) is 11.5. The maximum atomic E-state index is 12.4.